The molecule has 0 aliphatic heterocycles. The summed E-state index contributed by atoms with van der Waals surface area (Å²) in [5, 5.41) is 8.93. The molecule has 0 aromatic rings. The molecule has 3 N–H and O–H groups in total. The fourth-order valence-corrected chi connectivity index (χ4v) is 1.61. The maximum absolute atomic E-state index is 11.9. The molecule has 0 amide bonds. The number of nitrogens with two attached hydrogens (primary N) is 1. The molecule has 0 spiro atoms. The van der Waals surface area contributed by atoms with Crippen molar-refractivity contribution in [2.24, 2.45) is 5.73 Å². The number of rotatable bonds is 4. The average Bonchev–Trinajstić information content (AvgIpc) is 2.16. The molecular formula is C9H18FNO2. The zero-order valence-electron chi connectivity index (χ0n) is 7.79. The molecule has 0 bridgehead atoms. The van der Waals surface area contributed by atoms with Gasteiger partial charge in [0, 0.05) is 6.04 Å². The summed E-state index contributed by atoms with van der Waals surface area (Å²) in [6.07, 6.45) is 3.18. The average molecular weight is 191 g/mol. The summed E-state index contributed by atoms with van der Waals surface area (Å²) in [5.41, 5.74) is 5.81. The summed E-state index contributed by atoms with van der Waals surface area (Å²) in [5.74, 6) is 0. The van der Waals surface area contributed by atoms with Crippen LogP contribution in [0.1, 0.15) is 25.7 Å². The highest BCUT2D eigenvalue weighted by atomic mass is 19.1. The van der Waals surface area contributed by atoms with Crippen LogP contribution in [0.4, 0.5) is 4.39 Å². The molecule has 0 saturated heterocycles. The fraction of sp³-hybridized carbons (Fsp3) is 1.00. The maximum Gasteiger partial charge on any atom is 0.118 e. The third-order valence-electron chi connectivity index (χ3n) is 2.43. The second-order valence-corrected chi connectivity index (χ2v) is 3.63. The summed E-state index contributed by atoms with van der Waals surface area (Å²) in [4.78, 5) is 0. The largest absolute Gasteiger partial charge is 0.388 e. The van der Waals surface area contributed by atoms with Crippen molar-refractivity contribution in [2.75, 3.05) is 13.3 Å². The Morgan fingerprint density at radius 1 is 1.46 bits per heavy atom. The number of hydrogen-bond donors (Lipinski definition) is 2. The zero-order chi connectivity index (χ0) is 9.68. The molecule has 0 heterocycles. The molecule has 0 aromatic carbocycles. The van der Waals surface area contributed by atoms with Gasteiger partial charge in [0.05, 0.1) is 12.7 Å². The summed E-state index contributed by atoms with van der Waals surface area (Å²) in [7, 11) is 0. The van der Waals surface area contributed by atoms with Gasteiger partial charge in [-0.15, -0.1) is 0 Å². The SMILES string of the molecule is N[C@@H]1CCCC[C@H]1OCC(O)CF. The highest BCUT2D eigenvalue weighted by Gasteiger charge is 2.22. The first kappa shape index (κ1) is 10.9. The Hall–Kier alpha value is -0.190. The Morgan fingerprint density at radius 2 is 2.15 bits per heavy atom. The van der Waals surface area contributed by atoms with E-state index in [0.29, 0.717) is 0 Å². The Kier molecular flexibility index (Phi) is 4.62. The van der Waals surface area contributed by atoms with Crippen molar-refractivity contribution in [3.8, 4) is 0 Å². The minimum atomic E-state index is -0.992. The Labute approximate surface area is 78.1 Å². The van der Waals surface area contributed by atoms with Gasteiger partial charge in [0.1, 0.15) is 12.8 Å². The molecule has 1 saturated carbocycles. The molecule has 0 aromatic heterocycles. The van der Waals surface area contributed by atoms with Gasteiger partial charge in [0.2, 0.25) is 0 Å². The van der Waals surface area contributed by atoms with E-state index in [0.717, 1.165) is 25.7 Å². The minimum absolute atomic E-state index is 0.00921. The minimum Gasteiger partial charge on any atom is -0.388 e. The van der Waals surface area contributed by atoms with Crippen LogP contribution < -0.4 is 5.73 Å². The van der Waals surface area contributed by atoms with E-state index in [2.05, 4.69) is 0 Å². The Balaban J connectivity index is 2.18. The predicted molar refractivity (Wildman–Crippen MR) is 48.2 cm³/mol. The van der Waals surface area contributed by atoms with E-state index >= 15 is 0 Å². The number of alkyl halides is 1. The van der Waals surface area contributed by atoms with Crippen molar-refractivity contribution < 1.29 is 14.2 Å². The zero-order valence-corrected chi connectivity index (χ0v) is 7.79. The molecule has 4 heteroatoms. The van der Waals surface area contributed by atoms with Gasteiger partial charge in [-0.25, -0.2) is 4.39 Å². The molecule has 78 valence electrons. The number of halogens is 1. The molecule has 0 radical (unpaired) electrons. The second kappa shape index (κ2) is 5.52. The fourth-order valence-electron chi connectivity index (χ4n) is 1.61. The van der Waals surface area contributed by atoms with Crippen molar-refractivity contribution >= 4 is 0 Å². The van der Waals surface area contributed by atoms with Crippen LogP contribution in [0, 0.1) is 0 Å². The lowest BCUT2D eigenvalue weighted by molar-refractivity contribution is -0.0377. The lowest BCUT2D eigenvalue weighted by Gasteiger charge is -2.29. The highest BCUT2D eigenvalue weighted by molar-refractivity contribution is 4.78. The quantitative estimate of drug-likeness (QED) is 0.684. The lowest BCUT2D eigenvalue weighted by atomic mass is 9.93. The van der Waals surface area contributed by atoms with Gasteiger partial charge in [-0.3, -0.25) is 0 Å². The van der Waals surface area contributed by atoms with Crippen molar-refractivity contribution in [1.29, 1.82) is 0 Å². The van der Waals surface area contributed by atoms with Crippen molar-refractivity contribution in [1.82, 2.24) is 0 Å². The van der Waals surface area contributed by atoms with Crippen molar-refractivity contribution in [3.05, 3.63) is 0 Å². The Morgan fingerprint density at radius 3 is 2.77 bits per heavy atom. The van der Waals surface area contributed by atoms with Crippen LogP contribution in [0.2, 0.25) is 0 Å². The molecule has 1 unspecified atom stereocenters. The van der Waals surface area contributed by atoms with E-state index in [4.69, 9.17) is 15.6 Å². The molecule has 1 aliphatic rings. The lowest BCUT2D eigenvalue weighted by Crippen LogP contribution is -2.40. The van der Waals surface area contributed by atoms with Crippen LogP contribution in [-0.2, 0) is 4.74 Å². The first-order chi connectivity index (χ1) is 6.24. The molecule has 3 nitrogen and oxygen atoms in total. The molecule has 1 aliphatic carbocycles. The van der Waals surface area contributed by atoms with Crippen LogP contribution in [-0.4, -0.2) is 36.6 Å². The molecule has 3 atom stereocenters. The van der Waals surface area contributed by atoms with E-state index in [1.807, 2.05) is 0 Å². The van der Waals surface area contributed by atoms with E-state index in [-0.39, 0.29) is 18.8 Å². The van der Waals surface area contributed by atoms with E-state index in [1.54, 1.807) is 0 Å². The third kappa shape index (κ3) is 3.58. The first-order valence-corrected chi connectivity index (χ1v) is 4.85. The summed E-state index contributed by atoms with van der Waals surface area (Å²) in [6.45, 7) is -0.684. The Bertz CT molecular complexity index is 146. The summed E-state index contributed by atoms with van der Waals surface area (Å²) < 4.78 is 17.2. The van der Waals surface area contributed by atoms with E-state index in [1.165, 1.54) is 0 Å². The van der Waals surface area contributed by atoms with Crippen LogP contribution in [0.5, 0.6) is 0 Å². The third-order valence-corrected chi connectivity index (χ3v) is 2.43. The predicted octanol–water partition coefficient (Wildman–Crippen LogP) is 0.603. The van der Waals surface area contributed by atoms with Crippen LogP contribution >= 0.6 is 0 Å². The number of hydrogen-bond acceptors (Lipinski definition) is 3. The molecule has 13 heavy (non-hydrogen) atoms. The van der Waals surface area contributed by atoms with Crippen molar-refractivity contribution in [2.45, 2.75) is 43.9 Å². The van der Waals surface area contributed by atoms with Gasteiger partial charge in [-0.1, -0.05) is 12.8 Å². The van der Waals surface area contributed by atoms with Gasteiger partial charge in [-0.2, -0.15) is 0 Å². The van der Waals surface area contributed by atoms with Crippen LogP contribution in [0.25, 0.3) is 0 Å². The van der Waals surface area contributed by atoms with Gasteiger partial charge in [-0.05, 0) is 12.8 Å². The summed E-state index contributed by atoms with van der Waals surface area (Å²) >= 11 is 0. The molecule has 1 fully saturated rings. The van der Waals surface area contributed by atoms with Gasteiger partial charge in [0.15, 0.2) is 0 Å². The number of aliphatic hydroxyl groups is 1. The monoisotopic (exact) mass is 191 g/mol. The number of ether oxygens (including phenoxy) is 1. The first-order valence-electron chi connectivity index (χ1n) is 4.85. The molecular weight excluding hydrogens is 173 g/mol. The van der Waals surface area contributed by atoms with E-state index in [9.17, 15) is 4.39 Å². The van der Waals surface area contributed by atoms with Gasteiger partial charge < -0.3 is 15.6 Å². The molecule has 1 rings (SSSR count). The topological polar surface area (TPSA) is 55.5 Å². The van der Waals surface area contributed by atoms with Crippen molar-refractivity contribution in [3.63, 3.8) is 0 Å². The smallest absolute Gasteiger partial charge is 0.118 e. The van der Waals surface area contributed by atoms with Crippen LogP contribution in [0.15, 0.2) is 0 Å². The van der Waals surface area contributed by atoms with Crippen LogP contribution in [0.3, 0.4) is 0 Å². The summed E-state index contributed by atoms with van der Waals surface area (Å²) in [6, 6.07) is 0.0561. The van der Waals surface area contributed by atoms with Gasteiger partial charge in [0.25, 0.3) is 0 Å². The van der Waals surface area contributed by atoms with Gasteiger partial charge >= 0.3 is 0 Å². The number of aliphatic hydroxyl groups excluding tert-OH is 1. The maximum atomic E-state index is 11.9. The standard InChI is InChI=1S/C9H18FNO2/c10-5-7(12)6-13-9-4-2-1-3-8(9)11/h7-9,12H,1-6,11H2/t7?,8-,9-/m1/s1. The normalized spacial score (nSPS) is 31.6. The van der Waals surface area contributed by atoms with E-state index < -0.39 is 12.8 Å². The highest BCUT2D eigenvalue weighted by Crippen LogP contribution is 2.19. The second-order valence-electron chi connectivity index (χ2n) is 3.63.